The van der Waals surface area contributed by atoms with Gasteiger partial charge in [0.05, 0.1) is 31.0 Å². The minimum Gasteiger partial charge on any atom is -0.506 e. The van der Waals surface area contributed by atoms with E-state index < -0.39 is 9.85 Å². The molecule has 43 heavy (non-hydrogen) atoms. The van der Waals surface area contributed by atoms with Crippen LogP contribution in [-0.4, -0.2) is 64.2 Å². The molecule has 0 atom stereocenters. The summed E-state index contributed by atoms with van der Waals surface area (Å²) in [4.78, 5) is 51.0. The van der Waals surface area contributed by atoms with Gasteiger partial charge in [-0.05, 0) is 37.1 Å². The van der Waals surface area contributed by atoms with E-state index in [2.05, 4.69) is 51.5 Å². The van der Waals surface area contributed by atoms with Crippen LogP contribution in [0.5, 0.6) is 0 Å². The van der Waals surface area contributed by atoms with Gasteiger partial charge in [0.1, 0.15) is 22.9 Å². The Kier molecular flexibility index (Phi) is 14.2. The first-order valence-corrected chi connectivity index (χ1v) is 13.1. The van der Waals surface area contributed by atoms with Crippen molar-refractivity contribution in [2.24, 2.45) is 20.4 Å². The van der Waals surface area contributed by atoms with Crippen LogP contribution >= 0.6 is 22.7 Å². The number of aliphatic hydroxyl groups is 2. The molecule has 2 aliphatic carbocycles. The fourth-order valence-electron chi connectivity index (χ4n) is 2.68. The Morgan fingerprint density at radius 1 is 0.721 bits per heavy atom. The van der Waals surface area contributed by atoms with Gasteiger partial charge < -0.3 is 35.3 Å². The van der Waals surface area contributed by atoms with Gasteiger partial charge in [-0.15, -0.1) is 0 Å². The second-order valence-electron chi connectivity index (χ2n) is 8.59. The number of nitro groups is 2. The van der Waals surface area contributed by atoms with Crippen LogP contribution in [0.3, 0.4) is 0 Å². The molecule has 0 unspecified atom stereocenters. The molecule has 0 fully saturated rings. The first-order valence-electron chi connectivity index (χ1n) is 11.5. The summed E-state index contributed by atoms with van der Waals surface area (Å²) < 4.78 is 0. The number of thiazole rings is 2. The van der Waals surface area contributed by atoms with Crippen molar-refractivity contribution in [3.63, 3.8) is 0 Å². The number of ketones is 2. The van der Waals surface area contributed by atoms with Gasteiger partial charge in [-0.25, -0.2) is 0 Å². The fourth-order valence-corrected chi connectivity index (χ4v) is 3.79. The van der Waals surface area contributed by atoms with Crippen LogP contribution < -0.4 is 24.5 Å². The summed E-state index contributed by atoms with van der Waals surface area (Å²) in [6.45, 7) is 3.19. The minimum atomic E-state index is -0.578. The summed E-state index contributed by atoms with van der Waals surface area (Å²) in [5.41, 5.74) is 1.19. The predicted octanol–water partition coefficient (Wildman–Crippen LogP) is 0.440. The molecule has 0 amide bonds. The molecule has 0 spiro atoms. The normalized spacial score (nSPS) is 17.2. The molecule has 2 aliphatic rings. The smallest absolute Gasteiger partial charge is 0.319 e. The number of hydrogen-bond donors (Lipinski definition) is 3. The molecule has 17 nitrogen and oxygen atoms in total. The molecule has 2 aromatic heterocycles. The van der Waals surface area contributed by atoms with Crippen molar-refractivity contribution in [3.8, 4) is 0 Å². The predicted molar refractivity (Wildman–Crippen MR) is 152 cm³/mol. The minimum absolute atomic E-state index is 0. The summed E-state index contributed by atoms with van der Waals surface area (Å²) in [7, 11) is 6.25. The van der Waals surface area contributed by atoms with E-state index in [0.29, 0.717) is 11.1 Å². The van der Waals surface area contributed by atoms with Gasteiger partial charge in [0.2, 0.25) is 0 Å². The van der Waals surface area contributed by atoms with Crippen LogP contribution in [0.15, 0.2) is 79.8 Å². The van der Waals surface area contributed by atoms with Crippen LogP contribution in [0, 0.1) is 20.2 Å². The third-order valence-corrected chi connectivity index (χ3v) is 5.97. The molecule has 0 aliphatic heterocycles. The number of aliphatic hydroxyl groups excluding tert-OH is 2. The van der Waals surface area contributed by atoms with Crippen molar-refractivity contribution in [3.05, 3.63) is 89.2 Å². The van der Waals surface area contributed by atoms with Crippen LogP contribution in [0.4, 0.5) is 10.0 Å². The standard InChI is InChI=1S/2C10H8N4O4S.C3H9N.Co/c2*1-5-2-6(15)3-7(16)9(5)12-13-10-11-4-8(19-10)14(17)18;1-4(2)3;/h2*2-4H,1H3,(H2,11,13,15,16);1-3H3;/p-1. The summed E-state index contributed by atoms with van der Waals surface area (Å²) in [5, 5.41) is 54.7. The molecule has 1 radical (unpaired) electrons. The Labute approximate surface area is 260 Å². The molecule has 2 heterocycles. The summed E-state index contributed by atoms with van der Waals surface area (Å²) in [6, 6.07) is 0. The van der Waals surface area contributed by atoms with Crippen molar-refractivity contribution in [1.82, 2.24) is 9.97 Å². The maximum absolute atomic E-state index is 11.1. The van der Waals surface area contributed by atoms with Crippen LogP contribution in [0.2, 0.25) is 0 Å². The zero-order chi connectivity index (χ0) is 31.6. The van der Waals surface area contributed by atoms with E-state index in [0.717, 1.165) is 47.2 Å². The van der Waals surface area contributed by atoms with Gasteiger partial charge in [0, 0.05) is 50.9 Å². The summed E-state index contributed by atoms with van der Waals surface area (Å²) in [5.74, 6) is -1.25. The maximum Gasteiger partial charge on any atom is 0.319 e. The van der Waals surface area contributed by atoms with Crippen LogP contribution in [-0.2, 0) is 26.4 Å². The Bertz CT molecular complexity index is 1550. The molecule has 231 valence electrons. The number of carbonyl (C=O) groups is 2. The zero-order valence-electron chi connectivity index (χ0n) is 23.0. The molecule has 0 aromatic carbocycles. The number of aromatic nitrogens is 2. The number of rotatable bonds is 4. The van der Waals surface area contributed by atoms with Gasteiger partial charge in [-0.2, -0.15) is 0 Å². The number of nitrogens with one attached hydrogen (secondary N) is 1. The second-order valence-corrected chi connectivity index (χ2v) is 10.6. The quantitative estimate of drug-likeness (QED) is 0.229. The van der Waals surface area contributed by atoms with Crippen molar-refractivity contribution in [2.45, 2.75) is 13.8 Å². The molecule has 4 rings (SSSR count). The Hall–Kier alpha value is -4.63. The van der Waals surface area contributed by atoms with E-state index in [1.165, 1.54) is 17.1 Å². The number of nitrogens with zero attached hydrogens (tertiary/aromatic N) is 8. The Morgan fingerprint density at radius 2 is 1.05 bits per heavy atom. The average Bonchev–Trinajstić information content (AvgIpc) is 3.53. The van der Waals surface area contributed by atoms with Gasteiger partial charge in [-0.3, -0.25) is 40.0 Å². The van der Waals surface area contributed by atoms with Gasteiger partial charge in [0.25, 0.3) is 0 Å². The first kappa shape index (κ1) is 36.4. The SMILES string of the molecule is CC1=CC(=O)C=C(O)/C1=N/N=c1\[n-]cc([N+](=O)[O-])s1.CC1=CC(=O)C=C(O)C1=N/N=c1\[n-]cc([N+](=O)[O-])s1.C[NH+](C)C.[Co]. The van der Waals surface area contributed by atoms with Gasteiger partial charge >= 0.3 is 10.0 Å². The third kappa shape index (κ3) is 11.6. The monoisotopic (exact) mass is 677 g/mol. The zero-order valence-corrected chi connectivity index (χ0v) is 25.7. The first-order chi connectivity index (χ1) is 19.7. The van der Waals surface area contributed by atoms with E-state index >= 15 is 0 Å². The number of allylic oxidation sites excluding steroid dienone is 6. The van der Waals surface area contributed by atoms with Crippen molar-refractivity contribution < 1.29 is 51.3 Å². The maximum atomic E-state index is 11.1. The van der Waals surface area contributed by atoms with Crippen molar-refractivity contribution in [2.75, 3.05) is 21.1 Å². The van der Waals surface area contributed by atoms with E-state index in [-0.39, 0.29) is 70.9 Å². The summed E-state index contributed by atoms with van der Waals surface area (Å²) >= 11 is 1.52. The molecule has 0 bridgehead atoms. The van der Waals surface area contributed by atoms with E-state index in [1.807, 2.05) is 0 Å². The Balaban J connectivity index is 0.000000375. The molecule has 3 N–H and O–H groups in total. The van der Waals surface area contributed by atoms with Crippen LogP contribution in [0.1, 0.15) is 13.8 Å². The molecule has 20 heteroatoms. The summed E-state index contributed by atoms with van der Waals surface area (Å²) in [6.07, 6.45) is 6.80. The van der Waals surface area contributed by atoms with E-state index in [4.69, 9.17) is 0 Å². The van der Waals surface area contributed by atoms with E-state index in [9.17, 15) is 40.0 Å². The molecular weight excluding hydrogens is 653 g/mol. The van der Waals surface area contributed by atoms with Crippen molar-refractivity contribution in [1.29, 1.82) is 0 Å². The van der Waals surface area contributed by atoms with E-state index in [1.54, 1.807) is 13.8 Å². The van der Waals surface area contributed by atoms with Gasteiger partial charge in [-0.1, -0.05) is 22.7 Å². The Morgan fingerprint density at radius 3 is 1.30 bits per heavy atom. The molecule has 0 saturated heterocycles. The number of quaternary nitrogens is 1. The van der Waals surface area contributed by atoms with Crippen molar-refractivity contribution >= 4 is 55.7 Å². The largest absolute Gasteiger partial charge is 0.506 e. The average molecular weight is 678 g/mol. The molecule has 2 aromatic rings. The molecular formula is C23H24CoN9O8S2-. The topological polar surface area (TPSA) is 243 Å². The van der Waals surface area contributed by atoms with Gasteiger partial charge in [0.15, 0.2) is 11.6 Å². The number of carbonyl (C=O) groups excluding carboxylic acids is 2. The second kappa shape index (κ2) is 16.7. The fraction of sp³-hybridized carbons (Fsp3) is 0.217. The molecule has 0 saturated carbocycles. The number of hydrogen-bond acceptors (Lipinski definition) is 14. The van der Waals surface area contributed by atoms with Crippen LogP contribution in [0.25, 0.3) is 0 Å². The third-order valence-electron chi connectivity index (χ3n) is 4.30.